The zero-order valence-corrected chi connectivity index (χ0v) is 29.5. The number of ether oxygens (including phenoxy) is 2. The van der Waals surface area contributed by atoms with Crippen LogP contribution in [-0.4, -0.2) is 50.5 Å². The minimum Gasteiger partial charge on any atom is -0.872 e. The molecule has 0 saturated heterocycles. The first-order valence-electron chi connectivity index (χ1n) is 13.6. The van der Waals surface area contributed by atoms with Crippen LogP contribution in [0.25, 0.3) is 0 Å². The number of rotatable bonds is 3. The molecule has 0 aromatic heterocycles. The van der Waals surface area contributed by atoms with Crippen LogP contribution in [0.3, 0.4) is 0 Å². The summed E-state index contributed by atoms with van der Waals surface area (Å²) in [4.78, 5) is 0. The molecule has 4 nitrogen and oxygen atoms in total. The van der Waals surface area contributed by atoms with E-state index in [2.05, 4.69) is 106 Å². The molecule has 39 heavy (non-hydrogen) atoms. The van der Waals surface area contributed by atoms with Gasteiger partial charge in [-0.1, -0.05) is 118 Å². The van der Waals surface area contributed by atoms with Crippen LogP contribution in [0.15, 0.2) is 24.3 Å². The van der Waals surface area contributed by atoms with Gasteiger partial charge in [-0.3, -0.25) is 0 Å². The largest absolute Gasteiger partial charge is 2.00 e. The molecule has 0 aliphatic heterocycles. The molecule has 2 aromatic rings. The number of benzene rings is 2. The molecule has 0 fully saturated rings. The number of hydrogen-bond donors (Lipinski definition) is 0. The molecule has 0 aliphatic rings. The number of aryl methyl sites for hydroxylation is 2. The van der Waals surface area contributed by atoms with Gasteiger partial charge in [-0.05, 0) is 57.8 Å². The summed E-state index contributed by atoms with van der Waals surface area (Å²) in [6, 6.07) is 8.10. The standard InChI is InChI=1S/2C15H24O.C4H10O2.Mg/c2*1-10-8-11(14(2,3)4)13(16)12(9-10)15(5,6)7;1-5-3-4-6-2;/h2*8-9,16H,1-7H3;3-4H2,1-2H3;/q;;;+2/p-2. The zero-order valence-electron chi connectivity index (χ0n) is 28.1. The van der Waals surface area contributed by atoms with E-state index in [4.69, 9.17) is 0 Å². The van der Waals surface area contributed by atoms with E-state index in [9.17, 15) is 10.2 Å². The molecule has 0 heterocycles. The third-order valence-electron chi connectivity index (χ3n) is 6.19. The van der Waals surface area contributed by atoms with E-state index in [0.29, 0.717) is 13.2 Å². The third kappa shape index (κ3) is 13.3. The Morgan fingerprint density at radius 1 is 0.487 bits per heavy atom. The first kappa shape index (κ1) is 39.9. The molecular formula is C34H56MgO4. The topological polar surface area (TPSA) is 64.6 Å². The Kier molecular flexibility index (Phi) is 16.0. The van der Waals surface area contributed by atoms with Gasteiger partial charge in [0, 0.05) is 14.2 Å². The Hall–Kier alpha value is -1.27. The van der Waals surface area contributed by atoms with E-state index in [-0.39, 0.29) is 56.2 Å². The van der Waals surface area contributed by atoms with Crippen LogP contribution < -0.4 is 10.2 Å². The normalized spacial score (nSPS) is 12.0. The van der Waals surface area contributed by atoms with Gasteiger partial charge in [-0.25, -0.2) is 0 Å². The van der Waals surface area contributed by atoms with Crippen LogP contribution in [0.2, 0.25) is 0 Å². The molecule has 0 radical (unpaired) electrons. The van der Waals surface area contributed by atoms with Crippen molar-refractivity contribution in [3.63, 3.8) is 0 Å². The second kappa shape index (κ2) is 15.7. The molecule has 0 unspecified atom stereocenters. The summed E-state index contributed by atoms with van der Waals surface area (Å²) in [6.07, 6.45) is 0. The van der Waals surface area contributed by atoms with Crippen molar-refractivity contribution in [1.29, 1.82) is 0 Å². The maximum Gasteiger partial charge on any atom is 2.00 e. The molecule has 0 atom stereocenters. The van der Waals surface area contributed by atoms with Crippen LogP contribution in [0.4, 0.5) is 0 Å². The van der Waals surface area contributed by atoms with Crippen LogP contribution in [0.1, 0.15) is 116 Å². The fourth-order valence-corrected chi connectivity index (χ4v) is 3.94. The van der Waals surface area contributed by atoms with Crippen molar-refractivity contribution in [1.82, 2.24) is 0 Å². The van der Waals surface area contributed by atoms with Gasteiger partial charge in [0.05, 0.1) is 13.2 Å². The van der Waals surface area contributed by atoms with Gasteiger partial charge in [0.2, 0.25) is 0 Å². The van der Waals surface area contributed by atoms with Crippen molar-refractivity contribution in [3.8, 4) is 11.5 Å². The van der Waals surface area contributed by atoms with Gasteiger partial charge in [0.1, 0.15) is 0 Å². The smallest absolute Gasteiger partial charge is 0.872 e. The van der Waals surface area contributed by atoms with E-state index in [1.807, 2.05) is 24.3 Å². The molecule has 0 bridgehead atoms. The average molecular weight is 553 g/mol. The van der Waals surface area contributed by atoms with E-state index in [1.165, 1.54) is 11.1 Å². The van der Waals surface area contributed by atoms with E-state index in [1.54, 1.807) is 14.2 Å². The summed E-state index contributed by atoms with van der Waals surface area (Å²) in [5, 5.41) is 24.8. The van der Waals surface area contributed by atoms with Crippen LogP contribution in [-0.2, 0) is 31.1 Å². The Bertz CT molecular complexity index is 860. The van der Waals surface area contributed by atoms with E-state index < -0.39 is 0 Å². The van der Waals surface area contributed by atoms with Gasteiger partial charge in [0.15, 0.2) is 0 Å². The SMILES string of the molecule is COCCOC.Cc1cc(C(C)(C)C)c([O-])c(C(C)(C)C)c1.Cc1cc(C(C)(C)C)c([O-])c(C(C)(C)C)c1.[Mg+2]. The Balaban J connectivity index is 0. The molecule has 218 valence electrons. The Morgan fingerprint density at radius 2 is 0.667 bits per heavy atom. The molecule has 5 heteroatoms. The molecule has 0 saturated carbocycles. The number of hydrogen-bond acceptors (Lipinski definition) is 4. The minimum atomic E-state index is -0.0803. The van der Waals surface area contributed by atoms with Crippen molar-refractivity contribution in [2.24, 2.45) is 0 Å². The van der Waals surface area contributed by atoms with Crippen molar-refractivity contribution in [3.05, 3.63) is 57.6 Å². The maximum absolute atomic E-state index is 12.4. The Morgan fingerprint density at radius 3 is 0.795 bits per heavy atom. The average Bonchev–Trinajstić information content (AvgIpc) is 2.73. The van der Waals surface area contributed by atoms with Crippen LogP contribution in [0, 0.1) is 13.8 Å². The van der Waals surface area contributed by atoms with Crippen molar-refractivity contribution >= 4 is 23.1 Å². The van der Waals surface area contributed by atoms with Crippen molar-refractivity contribution < 1.29 is 19.7 Å². The molecule has 0 aliphatic carbocycles. The summed E-state index contributed by atoms with van der Waals surface area (Å²) in [6.45, 7) is 30.6. The summed E-state index contributed by atoms with van der Waals surface area (Å²) in [5.41, 5.74) is 5.74. The monoisotopic (exact) mass is 552 g/mol. The predicted molar refractivity (Wildman–Crippen MR) is 166 cm³/mol. The molecule has 2 aromatic carbocycles. The molecular weight excluding hydrogens is 497 g/mol. The van der Waals surface area contributed by atoms with Crippen LogP contribution in [0.5, 0.6) is 11.5 Å². The van der Waals surface area contributed by atoms with E-state index >= 15 is 0 Å². The first-order chi connectivity index (χ1) is 17.0. The zero-order chi connectivity index (χ0) is 30.3. The fraction of sp³-hybridized carbons (Fsp3) is 0.647. The van der Waals surface area contributed by atoms with Gasteiger partial charge in [0.25, 0.3) is 0 Å². The van der Waals surface area contributed by atoms with Gasteiger partial charge >= 0.3 is 23.1 Å². The van der Waals surface area contributed by atoms with Gasteiger partial charge < -0.3 is 19.7 Å². The molecule has 0 spiro atoms. The second-order valence-corrected chi connectivity index (χ2v) is 14.4. The molecule has 2 rings (SSSR count). The predicted octanol–water partition coefficient (Wildman–Crippen LogP) is 7.23. The summed E-state index contributed by atoms with van der Waals surface area (Å²) in [5.74, 6) is 0.427. The van der Waals surface area contributed by atoms with Crippen molar-refractivity contribution in [2.75, 3.05) is 27.4 Å². The quantitative estimate of drug-likeness (QED) is 0.298. The molecule has 0 N–H and O–H groups in total. The molecule has 0 amide bonds. The second-order valence-electron chi connectivity index (χ2n) is 14.4. The van der Waals surface area contributed by atoms with Gasteiger partial charge in [-0.2, -0.15) is 0 Å². The fourth-order valence-electron chi connectivity index (χ4n) is 3.94. The maximum atomic E-state index is 12.4. The van der Waals surface area contributed by atoms with Crippen molar-refractivity contribution in [2.45, 2.75) is 119 Å². The van der Waals surface area contributed by atoms with Gasteiger partial charge in [-0.15, -0.1) is 11.5 Å². The third-order valence-corrected chi connectivity index (χ3v) is 6.19. The summed E-state index contributed by atoms with van der Waals surface area (Å²) in [7, 11) is 3.30. The van der Waals surface area contributed by atoms with Crippen LogP contribution >= 0.6 is 0 Å². The summed E-state index contributed by atoms with van der Waals surface area (Å²) >= 11 is 0. The first-order valence-corrected chi connectivity index (χ1v) is 13.6. The Labute approximate surface area is 257 Å². The van der Waals surface area contributed by atoms with E-state index in [0.717, 1.165) is 22.3 Å². The minimum absolute atomic E-state index is 0. The summed E-state index contributed by atoms with van der Waals surface area (Å²) < 4.78 is 9.31. The number of methoxy groups -OCH3 is 2.